The van der Waals surface area contributed by atoms with E-state index in [1.54, 1.807) is 0 Å². The largest absolute Gasteiger partial charge is 0.382 e. The van der Waals surface area contributed by atoms with Crippen LogP contribution in [0.15, 0.2) is 18.9 Å². The van der Waals surface area contributed by atoms with Crippen LogP contribution in [0, 0.1) is 0 Å². The summed E-state index contributed by atoms with van der Waals surface area (Å²) >= 11 is 0. The molecule has 0 rings (SSSR count). The van der Waals surface area contributed by atoms with E-state index in [2.05, 4.69) is 18.9 Å². The van der Waals surface area contributed by atoms with Crippen molar-refractivity contribution in [1.82, 2.24) is 6.15 Å². The Morgan fingerprint density at radius 1 is 1.22 bits per heavy atom. The molecule has 0 radical (unpaired) electrons. The highest BCUT2D eigenvalue weighted by Crippen LogP contribution is 1.64. The molecule has 0 spiro atoms. The SMILES string of the molecule is C=C=C.CCOCC.N. The molecule has 0 saturated carbocycles. The van der Waals surface area contributed by atoms with Crippen LogP contribution in [0.25, 0.3) is 0 Å². The molecule has 0 atom stereocenters. The maximum absolute atomic E-state index is 4.83. The summed E-state index contributed by atoms with van der Waals surface area (Å²) in [7, 11) is 0. The van der Waals surface area contributed by atoms with Gasteiger partial charge in [-0.1, -0.05) is 13.2 Å². The lowest BCUT2D eigenvalue weighted by molar-refractivity contribution is 0.162. The second-order valence-corrected chi connectivity index (χ2v) is 1.03. The highest BCUT2D eigenvalue weighted by atomic mass is 16.5. The molecular weight excluding hydrogens is 114 g/mol. The molecule has 2 nitrogen and oxygen atoms in total. The van der Waals surface area contributed by atoms with Crippen molar-refractivity contribution in [3.05, 3.63) is 18.9 Å². The van der Waals surface area contributed by atoms with Gasteiger partial charge in [0.15, 0.2) is 0 Å². The highest BCUT2D eigenvalue weighted by Gasteiger charge is 1.64. The van der Waals surface area contributed by atoms with Gasteiger partial charge in [-0.3, -0.25) is 0 Å². The number of hydrogen-bond donors (Lipinski definition) is 1. The second kappa shape index (κ2) is 26.1. The van der Waals surface area contributed by atoms with Gasteiger partial charge >= 0.3 is 0 Å². The minimum atomic E-state index is 0. The van der Waals surface area contributed by atoms with E-state index in [1.807, 2.05) is 13.8 Å². The lowest BCUT2D eigenvalue weighted by Gasteiger charge is -1.86. The van der Waals surface area contributed by atoms with Crippen molar-refractivity contribution < 1.29 is 4.74 Å². The Balaban J connectivity index is -0.0000000800. The Labute approximate surface area is 57.8 Å². The molecule has 0 amide bonds. The van der Waals surface area contributed by atoms with E-state index in [1.165, 1.54) is 0 Å². The zero-order valence-electron chi connectivity index (χ0n) is 6.44. The lowest BCUT2D eigenvalue weighted by Crippen LogP contribution is -1.84. The molecule has 0 bridgehead atoms. The molecule has 3 N–H and O–H groups in total. The summed E-state index contributed by atoms with van der Waals surface area (Å²) in [6.07, 6.45) is 0. The summed E-state index contributed by atoms with van der Waals surface area (Å²) in [5.74, 6) is 0. The van der Waals surface area contributed by atoms with Crippen LogP contribution in [0.4, 0.5) is 0 Å². The van der Waals surface area contributed by atoms with Gasteiger partial charge in [0, 0.05) is 13.2 Å². The first-order chi connectivity index (χ1) is 3.83. The fourth-order valence-electron chi connectivity index (χ4n) is 0.204. The summed E-state index contributed by atoms with van der Waals surface area (Å²) in [4.78, 5) is 0. The van der Waals surface area contributed by atoms with Crippen LogP contribution >= 0.6 is 0 Å². The van der Waals surface area contributed by atoms with Crippen molar-refractivity contribution in [3.63, 3.8) is 0 Å². The minimum Gasteiger partial charge on any atom is -0.382 e. The molecule has 0 aliphatic heterocycles. The standard InChI is InChI=1S/C4H10O.C3H4.H3N/c1-3-5-4-2;1-3-2;/h3-4H2,1-2H3;1-2H2;1H3. The zero-order valence-corrected chi connectivity index (χ0v) is 6.44. The van der Waals surface area contributed by atoms with E-state index in [4.69, 9.17) is 4.74 Å². The maximum atomic E-state index is 4.83. The van der Waals surface area contributed by atoms with Crippen LogP contribution in [0.2, 0.25) is 0 Å². The maximum Gasteiger partial charge on any atom is 0.0437 e. The Hall–Kier alpha value is -0.560. The molecule has 56 valence electrons. The Morgan fingerprint density at radius 2 is 1.44 bits per heavy atom. The number of rotatable bonds is 2. The van der Waals surface area contributed by atoms with E-state index in [-0.39, 0.29) is 6.15 Å². The summed E-state index contributed by atoms with van der Waals surface area (Å²) in [5.41, 5.74) is 2.25. The van der Waals surface area contributed by atoms with Crippen LogP contribution in [0.3, 0.4) is 0 Å². The van der Waals surface area contributed by atoms with E-state index in [9.17, 15) is 0 Å². The molecule has 9 heavy (non-hydrogen) atoms. The van der Waals surface area contributed by atoms with Crippen molar-refractivity contribution in [3.8, 4) is 0 Å². The highest BCUT2D eigenvalue weighted by molar-refractivity contribution is 4.51. The van der Waals surface area contributed by atoms with Crippen LogP contribution in [-0.2, 0) is 4.74 Å². The molecule has 0 fully saturated rings. The van der Waals surface area contributed by atoms with Gasteiger partial charge in [0.1, 0.15) is 0 Å². The van der Waals surface area contributed by atoms with E-state index in [0.717, 1.165) is 13.2 Å². The van der Waals surface area contributed by atoms with Crippen LogP contribution in [0.1, 0.15) is 13.8 Å². The number of hydrogen-bond acceptors (Lipinski definition) is 2. The molecule has 2 heteroatoms. The van der Waals surface area contributed by atoms with Gasteiger partial charge in [-0.05, 0) is 13.8 Å². The van der Waals surface area contributed by atoms with Crippen molar-refractivity contribution >= 4 is 0 Å². The molecule has 0 aromatic rings. The average molecular weight is 131 g/mol. The van der Waals surface area contributed by atoms with Gasteiger partial charge in [-0.15, -0.1) is 5.73 Å². The van der Waals surface area contributed by atoms with Gasteiger partial charge in [0.25, 0.3) is 0 Å². The average Bonchev–Trinajstić information content (AvgIpc) is 1.71. The summed E-state index contributed by atoms with van der Waals surface area (Å²) in [6, 6.07) is 0. The van der Waals surface area contributed by atoms with Crippen molar-refractivity contribution in [2.45, 2.75) is 13.8 Å². The minimum absolute atomic E-state index is 0. The van der Waals surface area contributed by atoms with Gasteiger partial charge in [0.05, 0.1) is 0 Å². The topological polar surface area (TPSA) is 44.2 Å². The Morgan fingerprint density at radius 3 is 1.44 bits per heavy atom. The molecule has 0 aromatic heterocycles. The predicted molar refractivity (Wildman–Crippen MR) is 42.0 cm³/mol. The molecule has 0 unspecified atom stereocenters. The van der Waals surface area contributed by atoms with Gasteiger partial charge in [0.2, 0.25) is 0 Å². The molecule has 0 aromatic carbocycles. The summed E-state index contributed by atoms with van der Waals surface area (Å²) < 4.78 is 4.83. The summed E-state index contributed by atoms with van der Waals surface area (Å²) in [6.45, 7) is 11.9. The zero-order chi connectivity index (χ0) is 6.83. The molecule has 0 aliphatic carbocycles. The van der Waals surface area contributed by atoms with Crippen molar-refractivity contribution in [2.75, 3.05) is 13.2 Å². The van der Waals surface area contributed by atoms with Gasteiger partial charge in [-0.2, -0.15) is 0 Å². The molecule has 0 aliphatic rings. The monoisotopic (exact) mass is 131 g/mol. The molecular formula is C7H17NO. The van der Waals surface area contributed by atoms with Crippen LogP contribution in [-0.4, -0.2) is 13.2 Å². The van der Waals surface area contributed by atoms with E-state index in [0.29, 0.717) is 0 Å². The third kappa shape index (κ3) is 106. The fourth-order valence-corrected chi connectivity index (χ4v) is 0.204. The normalized spacial score (nSPS) is 5.56. The first kappa shape index (κ1) is 15.8. The van der Waals surface area contributed by atoms with Crippen molar-refractivity contribution in [2.24, 2.45) is 0 Å². The smallest absolute Gasteiger partial charge is 0.0437 e. The third-order valence-corrected chi connectivity index (χ3v) is 0.408. The Bertz CT molecular complexity index is 53.9. The first-order valence-electron chi connectivity index (χ1n) is 2.70. The third-order valence-electron chi connectivity index (χ3n) is 0.408. The van der Waals surface area contributed by atoms with Crippen molar-refractivity contribution in [1.29, 1.82) is 0 Å². The van der Waals surface area contributed by atoms with Crippen LogP contribution < -0.4 is 6.15 Å². The second-order valence-electron chi connectivity index (χ2n) is 1.03. The van der Waals surface area contributed by atoms with Crippen LogP contribution in [0.5, 0.6) is 0 Å². The van der Waals surface area contributed by atoms with E-state index >= 15 is 0 Å². The van der Waals surface area contributed by atoms with Gasteiger partial charge < -0.3 is 10.9 Å². The predicted octanol–water partition coefficient (Wildman–Crippen LogP) is 2.16. The number of ether oxygens (including phenoxy) is 1. The molecule has 0 heterocycles. The summed E-state index contributed by atoms with van der Waals surface area (Å²) in [5, 5.41) is 0. The Kier molecular flexibility index (Phi) is 45.7. The fraction of sp³-hybridized carbons (Fsp3) is 0.571. The quantitative estimate of drug-likeness (QED) is 0.583. The van der Waals surface area contributed by atoms with Gasteiger partial charge in [-0.25, -0.2) is 0 Å². The molecule has 0 saturated heterocycles. The van der Waals surface area contributed by atoms with E-state index < -0.39 is 0 Å². The first-order valence-corrected chi connectivity index (χ1v) is 2.70. The lowest BCUT2D eigenvalue weighted by atomic mass is 10.8.